The number of β-amino-alcohol motifs (C(OH)–C–C–N with tert-alkyl or cyclic N) is 1. The second kappa shape index (κ2) is 4.74. The number of hydrogen-bond acceptors (Lipinski definition) is 3. The first kappa shape index (κ1) is 14.2. The van der Waals surface area contributed by atoms with Crippen molar-refractivity contribution in [3.63, 3.8) is 0 Å². The van der Waals surface area contributed by atoms with Crippen LogP contribution in [0.3, 0.4) is 0 Å². The van der Waals surface area contributed by atoms with Gasteiger partial charge in [-0.25, -0.2) is 0 Å². The van der Waals surface area contributed by atoms with Crippen LogP contribution >= 0.6 is 0 Å². The number of nitrogens with zero attached hydrogens (tertiary/aromatic N) is 2. The summed E-state index contributed by atoms with van der Waals surface area (Å²) in [6.07, 6.45) is 1.69. The maximum atomic E-state index is 12.4. The molecule has 0 aromatic heterocycles. The van der Waals surface area contributed by atoms with Gasteiger partial charge in [0.05, 0.1) is 5.60 Å². The molecule has 2 atom stereocenters. The molecular formula is C12H24N2O3S. The zero-order valence-electron chi connectivity index (χ0n) is 11.5. The van der Waals surface area contributed by atoms with Crippen molar-refractivity contribution in [2.45, 2.75) is 39.2 Å². The summed E-state index contributed by atoms with van der Waals surface area (Å²) in [5.41, 5.74) is -0.805. The summed E-state index contributed by atoms with van der Waals surface area (Å²) in [6, 6.07) is 0. The van der Waals surface area contributed by atoms with E-state index in [4.69, 9.17) is 0 Å². The second-order valence-electron chi connectivity index (χ2n) is 6.12. The molecule has 0 radical (unpaired) electrons. The fourth-order valence-corrected chi connectivity index (χ4v) is 4.97. The van der Waals surface area contributed by atoms with Crippen LogP contribution in [0.1, 0.15) is 33.6 Å². The van der Waals surface area contributed by atoms with Gasteiger partial charge < -0.3 is 5.11 Å². The highest BCUT2D eigenvalue weighted by atomic mass is 32.2. The lowest BCUT2D eigenvalue weighted by atomic mass is 9.94. The second-order valence-corrected chi connectivity index (χ2v) is 8.05. The zero-order valence-corrected chi connectivity index (χ0v) is 12.3. The molecule has 18 heavy (non-hydrogen) atoms. The normalized spacial score (nSPS) is 34.2. The van der Waals surface area contributed by atoms with Crippen LogP contribution in [0.2, 0.25) is 0 Å². The molecule has 0 aliphatic carbocycles. The highest BCUT2D eigenvalue weighted by molar-refractivity contribution is 7.86. The molecule has 0 saturated carbocycles. The summed E-state index contributed by atoms with van der Waals surface area (Å²) in [5, 5.41) is 9.93. The molecule has 2 unspecified atom stereocenters. The van der Waals surface area contributed by atoms with Gasteiger partial charge in [-0.3, -0.25) is 0 Å². The van der Waals surface area contributed by atoms with E-state index >= 15 is 0 Å². The van der Waals surface area contributed by atoms with Gasteiger partial charge in [0.1, 0.15) is 0 Å². The summed E-state index contributed by atoms with van der Waals surface area (Å²) >= 11 is 0. The van der Waals surface area contributed by atoms with Crippen LogP contribution in [0, 0.1) is 11.8 Å². The van der Waals surface area contributed by atoms with Crippen LogP contribution in [0.4, 0.5) is 0 Å². The first-order valence-electron chi connectivity index (χ1n) is 6.74. The van der Waals surface area contributed by atoms with Crippen molar-refractivity contribution in [1.29, 1.82) is 0 Å². The molecule has 2 rings (SSSR count). The average Bonchev–Trinajstić information content (AvgIpc) is 2.23. The van der Waals surface area contributed by atoms with Crippen LogP contribution in [0.5, 0.6) is 0 Å². The van der Waals surface area contributed by atoms with Crippen molar-refractivity contribution in [2.24, 2.45) is 11.8 Å². The Kier molecular flexibility index (Phi) is 3.75. The minimum atomic E-state index is -3.37. The van der Waals surface area contributed by atoms with E-state index in [0.29, 0.717) is 31.3 Å². The number of rotatable bonds is 3. The number of aliphatic hydroxyl groups is 1. The lowest BCUT2D eigenvalue weighted by Gasteiger charge is -2.47. The Morgan fingerprint density at radius 3 is 2.11 bits per heavy atom. The Hall–Kier alpha value is -0.170. The quantitative estimate of drug-likeness (QED) is 0.824. The lowest BCUT2D eigenvalue weighted by Crippen LogP contribution is -2.66. The summed E-state index contributed by atoms with van der Waals surface area (Å²) in [4.78, 5) is 0. The summed E-state index contributed by atoms with van der Waals surface area (Å²) in [5.74, 6) is 0.824. The van der Waals surface area contributed by atoms with Crippen molar-refractivity contribution in [2.75, 3.05) is 26.2 Å². The minimum Gasteiger partial charge on any atom is -0.387 e. The van der Waals surface area contributed by atoms with Crippen molar-refractivity contribution in [3.05, 3.63) is 0 Å². The highest BCUT2D eigenvalue weighted by Gasteiger charge is 2.48. The molecule has 0 aromatic carbocycles. The Morgan fingerprint density at radius 2 is 1.67 bits per heavy atom. The van der Waals surface area contributed by atoms with Gasteiger partial charge in [0, 0.05) is 26.2 Å². The van der Waals surface area contributed by atoms with Gasteiger partial charge in [-0.1, -0.05) is 20.8 Å². The molecule has 2 aliphatic rings. The van der Waals surface area contributed by atoms with Gasteiger partial charge in [0.25, 0.3) is 10.2 Å². The van der Waals surface area contributed by atoms with Crippen LogP contribution in [0.25, 0.3) is 0 Å². The van der Waals surface area contributed by atoms with E-state index in [0.717, 1.165) is 6.42 Å². The third-order valence-corrected chi connectivity index (χ3v) is 5.95. The van der Waals surface area contributed by atoms with Crippen molar-refractivity contribution in [1.82, 2.24) is 8.61 Å². The molecule has 2 aliphatic heterocycles. The first-order valence-corrected chi connectivity index (χ1v) is 8.14. The van der Waals surface area contributed by atoms with Gasteiger partial charge in [-0.05, 0) is 24.7 Å². The fraction of sp³-hybridized carbons (Fsp3) is 1.00. The largest absolute Gasteiger partial charge is 0.387 e. The smallest absolute Gasteiger partial charge is 0.282 e. The standard InChI is InChI=1S/C12H24N2O3S/c1-4-12(15)8-14(9-12)18(16,17)13-6-10(2)5-11(3)7-13/h10-11,15H,4-9H2,1-3H3. The lowest BCUT2D eigenvalue weighted by molar-refractivity contribution is -0.0641. The zero-order chi connectivity index (χ0) is 13.6. The van der Waals surface area contributed by atoms with E-state index in [1.807, 2.05) is 6.92 Å². The molecule has 5 nitrogen and oxygen atoms in total. The van der Waals surface area contributed by atoms with Crippen LogP contribution in [0.15, 0.2) is 0 Å². The van der Waals surface area contributed by atoms with E-state index in [9.17, 15) is 13.5 Å². The van der Waals surface area contributed by atoms with E-state index in [1.54, 1.807) is 4.31 Å². The number of hydrogen-bond donors (Lipinski definition) is 1. The summed E-state index contributed by atoms with van der Waals surface area (Å²) in [7, 11) is -3.37. The third-order valence-electron chi connectivity index (χ3n) is 4.09. The molecule has 6 heteroatoms. The predicted molar refractivity (Wildman–Crippen MR) is 70.3 cm³/mol. The molecule has 106 valence electrons. The Bertz CT molecular complexity index is 394. The molecule has 0 aromatic rings. The minimum absolute atomic E-state index is 0.241. The van der Waals surface area contributed by atoms with Crippen molar-refractivity contribution >= 4 is 10.2 Å². The molecular weight excluding hydrogens is 252 g/mol. The van der Waals surface area contributed by atoms with E-state index in [1.165, 1.54) is 4.31 Å². The fourth-order valence-electron chi connectivity index (χ4n) is 2.95. The van der Waals surface area contributed by atoms with Crippen LogP contribution in [-0.2, 0) is 10.2 Å². The topological polar surface area (TPSA) is 60.9 Å². The summed E-state index contributed by atoms with van der Waals surface area (Å²) in [6.45, 7) is 7.76. The molecule has 1 N–H and O–H groups in total. The monoisotopic (exact) mass is 276 g/mol. The maximum Gasteiger partial charge on any atom is 0.282 e. The molecule has 2 saturated heterocycles. The maximum absolute atomic E-state index is 12.4. The highest BCUT2D eigenvalue weighted by Crippen LogP contribution is 2.31. The Morgan fingerprint density at radius 1 is 1.17 bits per heavy atom. The molecule has 2 heterocycles. The van der Waals surface area contributed by atoms with E-state index < -0.39 is 15.8 Å². The van der Waals surface area contributed by atoms with Gasteiger partial charge in [0.2, 0.25) is 0 Å². The SMILES string of the molecule is CCC1(O)CN(S(=O)(=O)N2CC(C)CC(C)C2)C1. The summed E-state index contributed by atoms with van der Waals surface area (Å²) < 4.78 is 27.8. The Labute approximate surface area is 110 Å². The van der Waals surface area contributed by atoms with E-state index in [-0.39, 0.29) is 13.1 Å². The van der Waals surface area contributed by atoms with Crippen molar-refractivity contribution in [3.8, 4) is 0 Å². The third kappa shape index (κ3) is 2.57. The predicted octanol–water partition coefficient (Wildman–Crippen LogP) is 0.666. The van der Waals surface area contributed by atoms with Crippen LogP contribution < -0.4 is 0 Å². The first-order chi connectivity index (χ1) is 8.27. The van der Waals surface area contributed by atoms with Gasteiger partial charge in [0.15, 0.2) is 0 Å². The van der Waals surface area contributed by atoms with Gasteiger partial charge in [-0.2, -0.15) is 17.0 Å². The van der Waals surface area contributed by atoms with Crippen molar-refractivity contribution < 1.29 is 13.5 Å². The molecule has 2 fully saturated rings. The molecule has 0 spiro atoms. The number of piperidine rings is 1. The Balaban J connectivity index is 2.04. The van der Waals surface area contributed by atoms with Gasteiger partial charge in [-0.15, -0.1) is 0 Å². The molecule has 0 amide bonds. The van der Waals surface area contributed by atoms with E-state index in [2.05, 4.69) is 13.8 Å². The average molecular weight is 276 g/mol. The molecule has 0 bridgehead atoms. The van der Waals surface area contributed by atoms with Gasteiger partial charge >= 0.3 is 0 Å². The van der Waals surface area contributed by atoms with Crippen LogP contribution in [-0.4, -0.2) is 53.9 Å².